The monoisotopic (exact) mass is 416 g/mol. The molecule has 1 fully saturated rings. The van der Waals surface area contributed by atoms with Gasteiger partial charge in [-0.15, -0.1) is 0 Å². The molecule has 0 saturated carbocycles. The number of carbonyl (C=O) groups is 2. The average molecular weight is 418 g/mol. The zero-order chi connectivity index (χ0) is 17.9. The molecule has 1 N–H and O–H groups in total. The minimum atomic E-state index is -0.514. The van der Waals surface area contributed by atoms with Crippen LogP contribution in [0.3, 0.4) is 0 Å². The standard InChI is InChI=1S/C17H22BrClN2O3/c1-17(2,3)24-16(23)20-12-6-8-21(9-7-12)15(22)13-10-11(19)4-5-14(13)18/h4-5,10,12H,6-9H2,1-3H3,(H,20,23). The van der Waals surface area contributed by atoms with Crippen molar-refractivity contribution in [3.63, 3.8) is 0 Å². The first-order chi connectivity index (χ1) is 11.2. The molecule has 1 aliphatic heterocycles. The Balaban J connectivity index is 1.89. The normalized spacial score (nSPS) is 16.0. The molecule has 132 valence electrons. The van der Waals surface area contributed by atoms with Gasteiger partial charge in [-0.05, 0) is 67.7 Å². The van der Waals surface area contributed by atoms with E-state index in [-0.39, 0.29) is 11.9 Å². The van der Waals surface area contributed by atoms with Crippen molar-refractivity contribution in [3.8, 4) is 0 Å². The van der Waals surface area contributed by atoms with Gasteiger partial charge in [0.25, 0.3) is 5.91 Å². The Bertz CT molecular complexity index is 623. The molecule has 7 heteroatoms. The Morgan fingerprint density at radius 2 is 1.92 bits per heavy atom. The summed E-state index contributed by atoms with van der Waals surface area (Å²) in [4.78, 5) is 26.2. The number of benzene rings is 1. The third-order valence-electron chi connectivity index (χ3n) is 3.66. The van der Waals surface area contributed by atoms with E-state index in [0.29, 0.717) is 36.5 Å². The van der Waals surface area contributed by atoms with Crippen LogP contribution in [-0.2, 0) is 4.74 Å². The number of hydrogen-bond donors (Lipinski definition) is 1. The quantitative estimate of drug-likeness (QED) is 0.783. The van der Waals surface area contributed by atoms with Gasteiger partial charge in [-0.3, -0.25) is 4.79 Å². The van der Waals surface area contributed by atoms with Crippen LogP contribution in [0.4, 0.5) is 4.79 Å². The summed E-state index contributed by atoms with van der Waals surface area (Å²) in [7, 11) is 0. The van der Waals surface area contributed by atoms with E-state index in [1.807, 2.05) is 20.8 Å². The van der Waals surface area contributed by atoms with Gasteiger partial charge in [0.2, 0.25) is 0 Å². The Morgan fingerprint density at radius 3 is 2.50 bits per heavy atom. The van der Waals surface area contributed by atoms with Crippen LogP contribution in [0.25, 0.3) is 0 Å². The van der Waals surface area contributed by atoms with Crippen molar-refractivity contribution in [3.05, 3.63) is 33.3 Å². The Morgan fingerprint density at radius 1 is 1.29 bits per heavy atom. The number of hydrogen-bond acceptors (Lipinski definition) is 3. The molecule has 1 aliphatic rings. The van der Waals surface area contributed by atoms with Gasteiger partial charge >= 0.3 is 6.09 Å². The van der Waals surface area contributed by atoms with Gasteiger partial charge in [-0.2, -0.15) is 0 Å². The lowest BCUT2D eigenvalue weighted by atomic mass is 10.0. The van der Waals surface area contributed by atoms with E-state index in [1.54, 1.807) is 23.1 Å². The first-order valence-electron chi connectivity index (χ1n) is 7.89. The maximum absolute atomic E-state index is 12.6. The average Bonchev–Trinajstić information content (AvgIpc) is 2.48. The number of nitrogens with zero attached hydrogens (tertiary/aromatic N) is 1. The van der Waals surface area contributed by atoms with E-state index in [9.17, 15) is 9.59 Å². The number of rotatable bonds is 2. The smallest absolute Gasteiger partial charge is 0.407 e. The molecular weight excluding hydrogens is 396 g/mol. The van der Waals surface area contributed by atoms with Gasteiger partial charge in [0.1, 0.15) is 5.60 Å². The van der Waals surface area contributed by atoms with Gasteiger partial charge in [0, 0.05) is 28.6 Å². The predicted molar refractivity (Wildman–Crippen MR) is 97.4 cm³/mol. The van der Waals surface area contributed by atoms with Crippen molar-refractivity contribution in [1.82, 2.24) is 10.2 Å². The van der Waals surface area contributed by atoms with E-state index < -0.39 is 11.7 Å². The Kier molecular flexibility index (Phi) is 6.15. The summed E-state index contributed by atoms with van der Waals surface area (Å²) in [6.07, 6.45) is 0.983. The minimum Gasteiger partial charge on any atom is -0.444 e. The van der Waals surface area contributed by atoms with Crippen molar-refractivity contribution in [2.75, 3.05) is 13.1 Å². The van der Waals surface area contributed by atoms with Crippen LogP contribution in [0.2, 0.25) is 5.02 Å². The van der Waals surface area contributed by atoms with Crippen LogP contribution in [0.15, 0.2) is 22.7 Å². The van der Waals surface area contributed by atoms with E-state index in [2.05, 4.69) is 21.2 Å². The zero-order valence-corrected chi connectivity index (χ0v) is 16.4. The van der Waals surface area contributed by atoms with E-state index in [0.717, 1.165) is 4.47 Å². The summed E-state index contributed by atoms with van der Waals surface area (Å²) in [5.41, 5.74) is 0.0422. The van der Waals surface area contributed by atoms with Crippen LogP contribution in [0.1, 0.15) is 44.0 Å². The van der Waals surface area contributed by atoms with Crippen molar-refractivity contribution in [2.45, 2.75) is 45.3 Å². The Labute approximate surface area is 155 Å². The number of halogens is 2. The molecule has 0 aliphatic carbocycles. The first-order valence-corrected chi connectivity index (χ1v) is 9.06. The van der Waals surface area contributed by atoms with Gasteiger partial charge in [0.05, 0.1) is 5.56 Å². The van der Waals surface area contributed by atoms with E-state index in [4.69, 9.17) is 16.3 Å². The highest BCUT2D eigenvalue weighted by Gasteiger charge is 2.27. The SMILES string of the molecule is CC(C)(C)OC(=O)NC1CCN(C(=O)c2cc(Cl)ccc2Br)CC1. The second kappa shape index (κ2) is 7.74. The molecule has 0 bridgehead atoms. The molecule has 1 saturated heterocycles. The maximum atomic E-state index is 12.6. The molecule has 0 aromatic heterocycles. The maximum Gasteiger partial charge on any atom is 0.407 e. The molecular formula is C17H22BrClN2O3. The molecule has 2 amide bonds. The number of carbonyl (C=O) groups excluding carboxylic acids is 2. The van der Waals surface area contributed by atoms with E-state index >= 15 is 0 Å². The van der Waals surface area contributed by atoms with Gasteiger partial charge < -0.3 is 15.0 Å². The zero-order valence-electron chi connectivity index (χ0n) is 14.1. The summed E-state index contributed by atoms with van der Waals surface area (Å²) in [5.74, 6) is -0.0555. The summed E-state index contributed by atoms with van der Waals surface area (Å²) in [6.45, 7) is 6.65. The van der Waals surface area contributed by atoms with Crippen LogP contribution >= 0.6 is 27.5 Å². The molecule has 1 aromatic rings. The van der Waals surface area contributed by atoms with E-state index in [1.165, 1.54) is 0 Å². The lowest BCUT2D eigenvalue weighted by Crippen LogP contribution is -2.47. The highest BCUT2D eigenvalue weighted by atomic mass is 79.9. The fourth-order valence-electron chi connectivity index (χ4n) is 2.53. The highest BCUT2D eigenvalue weighted by Crippen LogP contribution is 2.24. The summed E-state index contributed by atoms with van der Waals surface area (Å²) in [5, 5.41) is 3.40. The fraction of sp³-hybridized carbons (Fsp3) is 0.529. The number of piperidine rings is 1. The van der Waals surface area contributed by atoms with Crippen molar-refractivity contribution in [2.24, 2.45) is 0 Å². The molecule has 0 atom stereocenters. The summed E-state index contributed by atoms with van der Waals surface area (Å²) >= 11 is 9.37. The fourth-order valence-corrected chi connectivity index (χ4v) is 3.12. The number of alkyl carbamates (subject to hydrolysis) is 1. The van der Waals surface area contributed by atoms with Crippen LogP contribution in [-0.4, -0.2) is 41.6 Å². The largest absolute Gasteiger partial charge is 0.444 e. The summed E-state index contributed by atoms with van der Waals surface area (Å²) in [6, 6.07) is 5.19. The summed E-state index contributed by atoms with van der Waals surface area (Å²) < 4.78 is 5.99. The van der Waals surface area contributed by atoms with Gasteiger partial charge in [-0.25, -0.2) is 4.79 Å². The number of likely N-dealkylation sites (tertiary alicyclic amines) is 1. The van der Waals surface area contributed by atoms with Gasteiger partial charge in [0.15, 0.2) is 0 Å². The molecule has 1 aromatic carbocycles. The highest BCUT2D eigenvalue weighted by molar-refractivity contribution is 9.10. The first kappa shape index (κ1) is 19.1. The second-order valence-electron chi connectivity index (χ2n) is 6.84. The predicted octanol–water partition coefficient (Wildman–Crippen LogP) is 4.23. The topological polar surface area (TPSA) is 58.6 Å². The molecule has 5 nitrogen and oxygen atoms in total. The van der Waals surface area contributed by atoms with Crippen molar-refractivity contribution in [1.29, 1.82) is 0 Å². The molecule has 2 rings (SSSR count). The van der Waals surface area contributed by atoms with Crippen LogP contribution < -0.4 is 5.32 Å². The van der Waals surface area contributed by atoms with Gasteiger partial charge in [-0.1, -0.05) is 11.6 Å². The molecule has 0 spiro atoms. The Hall–Kier alpha value is -1.27. The lowest BCUT2D eigenvalue weighted by molar-refractivity contribution is 0.0473. The third kappa shape index (κ3) is 5.38. The molecule has 1 heterocycles. The van der Waals surface area contributed by atoms with Crippen molar-refractivity contribution < 1.29 is 14.3 Å². The van der Waals surface area contributed by atoms with Crippen LogP contribution in [0.5, 0.6) is 0 Å². The molecule has 0 unspecified atom stereocenters. The van der Waals surface area contributed by atoms with Crippen molar-refractivity contribution >= 4 is 39.5 Å². The number of amides is 2. The van der Waals surface area contributed by atoms with Crippen LogP contribution in [0, 0.1) is 0 Å². The second-order valence-corrected chi connectivity index (χ2v) is 8.13. The molecule has 24 heavy (non-hydrogen) atoms. The number of nitrogens with one attached hydrogen (secondary N) is 1. The molecule has 0 radical (unpaired) electrons. The minimum absolute atomic E-state index is 0.0201. The number of ether oxygens (including phenoxy) is 1. The lowest BCUT2D eigenvalue weighted by Gasteiger charge is -2.33. The third-order valence-corrected chi connectivity index (χ3v) is 4.59.